The molecule has 0 unspecified atom stereocenters. The molecule has 1 aromatic carbocycles. The number of phenols is 1. The lowest BCUT2D eigenvalue weighted by molar-refractivity contribution is 0.464. The average Bonchev–Trinajstić information content (AvgIpc) is 2.48. The smallest absolute Gasteiger partial charge is 0.119 e. The van der Waals surface area contributed by atoms with Gasteiger partial charge in [0.2, 0.25) is 0 Å². The first-order valence-electron chi connectivity index (χ1n) is 9.01. The molecule has 1 N–H and O–H groups in total. The van der Waals surface area contributed by atoms with Crippen molar-refractivity contribution >= 4 is 0 Å². The molecule has 0 saturated heterocycles. The zero-order chi connectivity index (χ0) is 15.5. The van der Waals surface area contributed by atoms with Gasteiger partial charge in [0, 0.05) is 0 Å². The van der Waals surface area contributed by atoms with Crippen molar-refractivity contribution in [3.05, 3.63) is 28.8 Å². The van der Waals surface area contributed by atoms with Gasteiger partial charge in [0.25, 0.3) is 0 Å². The van der Waals surface area contributed by atoms with Crippen molar-refractivity contribution in [3.8, 4) is 5.75 Å². The molecule has 0 bridgehead atoms. The molecule has 0 atom stereocenters. The summed E-state index contributed by atoms with van der Waals surface area (Å²) < 4.78 is 0. The van der Waals surface area contributed by atoms with Gasteiger partial charge in [-0.05, 0) is 55.4 Å². The van der Waals surface area contributed by atoms with Crippen LogP contribution >= 0.6 is 0 Å². The maximum absolute atomic E-state index is 10.2. The quantitative estimate of drug-likeness (QED) is 0.472. The third-order valence-electron chi connectivity index (χ3n) is 4.45. The van der Waals surface area contributed by atoms with Crippen LogP contribution in [-0.2, 0) is 12.8 Å². The van der Waals surface area contributed by atoms with E-state index in [1.165, 1.54) is 74.5 Å². The summed E-state index contributed by atoms with van der Waals surface area (Å²) >= 11 is 0. The zero-order valence-electron chi connectivity index (χ0n) is 14.4. The fourth-order valence-corrected chi connectivity index (χ4v) is 3.06. The molecule has 0 fully saturated rings. The topological polar surface area (TPSA) is 20.2 Å². The monoisotopic (exact) mass is 290 g/mol. The summed E-state index contributed by atoms with van der Waals surface area (Å²) in [6.07, 6.45) is 13.8. The molecule has 0 heterocycles. The second-order valence-electron chi connectivity index (χ2n) is 6.33. The van der Waals surface area contributed by atoms with Crippen LogP contribution < -0.4 is 0 Å². The van der Waals surface area contributed by atoms with E-state index in [9.17, 15) is 5.11 Å². The van der Waals surface area contributed by atoms with Crippen molar-refractivity contribution in [2.24, 2.45) is 0 Å². The summed E-state index contributed by atoms with van der Waals surface area (Å²) in [6.45, 7) is 6.69. The van der Waals surface area contributed by atoms with E-state index in [1.54, 1.807) is 0 Å². The van der Waals surface area contributed by atoms with Crippen LogP contribution in [0.5, 0.6) is 5.75 Å². The van der Waals surface area contributed by atoms with E-state index in [0.717, 1.165) is 12.8 Å². The molecular formula is C20H34O. The fraction of sp³-hybridized carbons (Fsp3) is 0.700. The van der Waals surface area contributed by atoms with E-state index < -0.39 is 0 Å². The first-order valence-corrected chi connectivity index (χ1v) is 9.01. The largest absolute Gasteiger partial charge is 0.508 e. The van der Waals surface area contributed by atoms with E-state index in [0.29, 0.717) is 5.75 Å². The number of rotatable bonds is 11. The van der Waals surface area contributed by atoms with Crippen molar-refractivity contribution in [2.45, 2.75) is 91.4 Å². The number of hydrogen-bond acceptors (Lipinski definition) is 1. The van der Waals surface area contributed by atoms with Crippen LogP contribution in [0.3, 0.4) is 0 Å². The molecule has 21 heavy (non-hydrogen) atoms. The number of unbranched alkanes of at least 4 members (excludes halogenated alkanes) is 7. The number of phenolic OH excluding ortho intramolecular Hbond substituents is 1. The van der Waals surface area contributed by atoms with Crippen molar-refractivity contribution in [1.29, 1.82) is 0 Å². The average molecular weight is 290 g/mol. The van der Waals surface area contributed by atoms with Gasteiger partial charge >= 0.3 is 0 Å². The second-order valence-corrected chi connectivity index (χ2v) is 6.33. The summed E-state index contributed by atoms with van der Waals surface area (Å²) in [7, 11) is 0. The van der Waals surface area contributed by atoms with Gasteiger partial charge in [-0.3, -0.25) is 0 Å². The molecule has 0 aromatic heterocycles. The number of aromatic hydroxyl groups is 1. The van der Waals surface area contributed by atoms with Crippen molar-refractivity contribution < 1.29 is 5.11 Å². The lowest BCUT2D eigenvalue weighted by Crippen LogP contribution is -1.99. The van der Waals surface area contributed by atoms with Gasteiger partial charge in [0.1, 0.15) is 5.75 Å². The Morgan fingerprint density at radius 1 is 0.714 bits per heavy atom. The van der Waals surface area contributed by atoms with Crippen LogP contribution in [0.4, 0.5) is 0 Å². The highest BCUT2D eigenvalue weighted by Gasteiger charge is 2.10. The Bertz CT molecular complexity index is 395. The minimum atomic E-state index is 0.514. The molecule has 0 aliphatic rings. The van der Waals surface area contributed by atoms with Gasteiger partial charge in [-0.15, -0.1) is 0 Å². The lowest BCUT2D eigenvalue weighted by Gasteiger charge is -2.14. The predicted molar refractivity (Wildman–Crippen MR) is 93.2 cm³/mol. The van der Waals surface area contributed by atoms with E-state index >= 15 is 0 Å². The fourth-order valence-electron chi connectivity index (χ4n) is 3.06. The molecule has 1 aromatic rings. The van der Waals surface area contributed by atoms with Crippen molar-refractivity contribution in [3.63, 3.8) is 0 Å². The Balaban J connectivity index is 2.55. The Morgan fingerprint density at radius 2 is 1.24 bits per heavy atom. The van der Waals surface area contributed by atoms with Crippen LogP contribution in [0.15, 0.2) is 12.1 Å². The molecule has 0 spiro atoms. The van der Waals surface area contributed by atoms with Crippen molar-refractivity contribution in [2.75, 3.05) is 0 Å². The Hall–Kier alpha value is -0.980. The molecule has 0 aliphatic carbocycles. The Morgan fingerprint density at radius 3 is 1.95 bits per heavy atom. The normalized spacial score (nSPS) is 11.0. The maximum Gasteiger partial charge on any atom is 0.119 e. The SMILES string of the molecule is CCCCCCCCc1c(O)ccc(C)c1CCCCC. The van der Waals surface area contributed by atoms with Gasteiger partial charge in [0.15, 0.2) is 0 Å². The summed E-state index contributed by atoms with van der Waals surface area (Å²) in [5, 5.41) is 10.2. The molecule has 1 rings (SSSR count). The highest BCUT2D eigenvalue weighted by atomic mass is 16.3. The van der Waals surface area contributed by atoms with Crippen molar-refractivity contribution in [1.82, 2.24) is 0 Å². The van der Waals surface area contributed by atoms with E-state index in [-0.39, 0.29) is 0 Å². The van der Waals surface area contributed by atoms with E-state index in [1.807, 2.05) is 6.07 Å². The van der Waals surface area contributed by atoms with Crippen LogP contribution in [-0.4, -0.2) is 5.11 Å². The van der Waals surface area contributed by atoms with Gasteiger partial charge in [-0.2, -0.15) is 0 Å². The summed E-state index contributed by atoms with van der Waals surface area (Å²) in [6, 6.07) is 3.95. The van der Waals surface area contributed by atoms with Crippen LogP contribution in [0.1, 0.15) is 88.3 Å². The number of hydrogen-bond donors (Lipinski definition) is 1. The first-order chi connectivity index (χ1) is 10.2. The van der Waals surface area contributed by atoms with E-state index in [4.69, 9.17) is 0 Å². The van der Waals surface area contributed by atoms with E-state index in [2.05, 4.69) is 26.8 Å². The Kier molecular flexibility index (Phi) is 9.21. The molecule has 1 nitrogen and oxygen atoms in total. The maximum atomic E-state index is 10.2. The predicted octanol–water partition coefficient (Wildman–Crippen LogP) is 6.34. The third-order valence-corrected chi connectivity index (χ3v) is 4.45. The summed E-state index contributed by atoms with van der Waals surface area (Å²) in [5.41, 5.74) is 3.99. The first kappa shape index (κ1) is 18.1. The molecular weight excluding hydrogens is 256 g/mol. The highest BCUT2D eigenvalue weighted by molar-refractivity contribution is 5.44. The van der Waals surface area contributed by atoms with Gasteiger partial charge in [0.05, 0.1) is 0 Å². The van der Waals surface area contributed by atoms with Crippen LogP contribution in [0.2, 0.25) is 0 Å². The molecule has 120 valence electrons. The molecule has 0 amide bonds. The molecule has 0 radical (unpaired) electrons. The zero-order valence-corrected chi connectivity index (χ0v) is 14.4. The third kappa shape index (κ3) is 6.54. The standard InChI is InChI=1S/C20H34O/c1-4-6-8-9-10-12-14-19-18(13-11-7-5-2)17(3)15-16-20(19)21/h15-16,21H,4-14H2,1-3H3. The summed E-state index contributed by atoms with van der Waals surface area (Å²) in [4.78, 5) is 0. The van der Waals surface area contributed by atoms with Gasteiger partial charge in [-0.25, -0.2) is 0 Å². The van der Waals surface area contributed by atoms with Gasteiger partial charge < -0.3 is 5.11 Å². The number of benzene rings is 1. The molecule has 0 aliphatic heterocycles. The Labute approximate surface area is 131 Å². The summed E-state index contributed by atoms with van der Waals surface area (Å²) in [5.74, 6) is 0.514. The highest BCUT2D eigenvalue weighted by Crippen LogP contribution is 2.28. The minimum Gasteiger partial charge on any atom is -0.508 e. The van der Waals surface area contributed by atoms with Gasteiger partial charge in [-0.1, -0.05) is 64.9 Å². The van der Waals surface area contributed by atoms with Crippen LogP contribution in [0.25, 0.3) is 0 Å². The second kappa shape index (κ2) is 10.7. The van der Waals surface area contributed by atoms with Crippen LogP contribution in [0, 0.1) is 6.92 Å². The molecule has 0 saturated carbocycles. The number of aryl methyl sites for hydroxylation is 1. The minimum absolute atomic E-state index is 0.514. The molecule has 1 heteroatoms. The lowest BCUT2D eigenvalue weighted by atomic mass is 9.92.